The minimum atomic E-state index is 0.0334. The molecule has 0 aromatic carbocycles. The number of aliphatic hydroxyl groups is 1. The van der Waals surface area contributed by atoms with Crippen molar-refractivity contribution >= 4 is 6.03 Å². The van der Waals surface area contributed by atoms with Crippen LogP contribution in [0.3, 0.4) is 0 Å². The zero-order chi connectivity index (χ0) is 13.0. The van der Waals surface area contributed by atoms with Gasteiger partial charge in [-0.3, -0.25) is 0 Å². The molecule has 1 saturated heterocycles. The van der Waals surface area contributed by atoms with E-state index in [9.17, 15) is 9.90 Å². The number of hydrogen-bond donors (Lipinski definition) is 2. The quantitative estimate of drug-likeness (QED) is 0.742. The van der Waals surface area contributed by atoms with Gasteiger partial charge in [-0.25, -0.2) is 4.79 Å². The highest BCUT2D eigenvalue weighted by Gasteiger charge is 2.29. The molecule has 0 radical (unpaired) electrons. The summed E-state index contributed by atoms with van der Waals surface area (Å²) in [5.41, 5.74) is 0. The summed E-state index contributed by atoms with van der Waals surface area (Å²) in [6, 6.07) is 0.406. The molecule has 0 aromatic heterocycles. The number of nitrogens with one attached hydrogen (secondary N) is 1. The van der Waals surface area contributed by atoms with Gasteiger partial charge in [-0.05, 0) is 38.0 Å². The van der Waals surface area contributed by atoms with E-state index in [1.165, 1.54) is 19.3 Å². The summed E-state index contributed by atoms with van der Waals surface area (Å²) in [6.07, 6.45) is 7.88. The molecule has 2 amide bonds. The van der Waals surface area contributed by atoms with E-state index >= 15 is 0 Å². The average Bonchev–Trinajstić information content (AvgIpc) is 2.75. The van der Waals surface area contributed by atoms with Gasteiger partial charge in [-0.2, -0.15) is 0 Å². The van der Waals surface area contributed by atoms with Crippen molar-refractivity contribution in [2.75, 3.05) is 13.2 Å². The lowest BCUT2D eigenvalue weighted by molar-refractivity contribution is 0.154. The van der Waals surface area contributed by atoms with Crippen molar-refractivity contribution in [3.05, 3.63) is 0 Å². The summed E-state index contributed by atoms with van der Waals surface area (Å²) in [5.74, 6) is 0.795. The number of aliphatic hydroxyl groups excluding tert-OH is 1. The van der Waals surface area contributed by atoms with E-state index in [-0.39, 0.29) is 18.7 Å². The molecule has 1 aliphatic carbocycles. The van der Waals surface area contributed by atoms with Gasteiger partial charge < -0.3 is 15.3 Å². The van der Waals surface area contributed by atoms with Gasteiger partial charge in [0, 0.05) is 12.6 Å². The van der Waals surface area contributed by atoms with Crippen LogP contribution in [0.5, 0.6) is 0 Å². The predicted molar refractivity (Wildman–Crippen MR) is 71.4 cm³/mol. The molecular formula is C14H26N2O2. The normalized spacial score (nSPS) is 33.2. The molecule has 1 heterocycles. The third-order valence-corrected chi connectivity index (χ3v) is 4.43. The van der Waals surface area contributed by atoms with Crippen LogP contribution in [0.4, 0.5) is 4.79 Å². The van der Waals surface area contributed by atoms with Crippen molar-refractivity contribution < 1.29 is 9.90 Å². The van der Waals surface area contributed by atoms with Crippen LogP contribution >= 0.6 is 0 Å². The summed E-state index contributed by atoms with van der Waals surface area (Å²) >= 11 is 0. The Morgan fingerprint density at radius 1 is 1.22 bits per heavy atom. The second-order valence-electron chi connectivity index (χ2n) is 5.93. The second-order valence-corrected chi connectivity index (χ2v) is 5.93. The van der Waals surface area contributed by atoms with Crippen LogP contribution in [0.1, 0.15) is 51.9 Å². The van der Waals surface area contributed by atoms with Crippen LogP contribution in [-0.2, 0) is 0 Å². The van der Waals surface area contributed by atoms with Crippen LogP contribution in [0.15, 0.2) is 0 Å². The Morgan fingerprint density at radius 3 is 2.83 bits per heavy atom. The van der Waals surface area contributed by atoms with Gasteiger partial charge in [0.1, 0.15) is 0 Å². The molecule has 2 aliphatic rings. The number of hydrogen-bond acceptors (Lipinski definition) is 2. The first-order valence-electron chi connectivity index (χ1n) is 7.38. The van der Waals surface area contributed by atoms with E-state index in [2.05, 4.69) is 12.2 Å². The fourth-order valence-corrected chi connectivity index (χ4v) is 3.18. The number of likely N-dealkylation sites (tertiary alicyclic amines) is 1. The number of carbonyl (C=O) groups is 1. The molecule has 2 fully saturated rings. The molecule has 0 aromatic rings. The zero-order valence-corrected chi connectivity index (χ0v) is 11.4. The van der Waals surface area contributed by atoms with Gasteiger partial charge in [-0.1, -0.05) is 19.8 Å². The predicted octanol–water partition coefficient (Wildman–Crippen LogP) is 2.12. The second kappa shape index (κ2) is 6.41. The number of amides is 2. The number of urea groups is 1. The average molecular weight is 254 g/mol. The van der Waals surface area contributed by atoms with Crippen molar-refractivity contribution in [2.24, 2.45) is 5.92 Å². The Hall–Kier alpha value is -0.770. The Morgan fingerprint density at radius 2 is 2.06 bits per heavy atom. The maximum Gasteiger partial charge on any atom is 0.317 e. The highest BCUT2D eigenvalue weighted by Crippen LogP contribution is 2.23. The van der Waals surface area contributed by atoms with Crippen LogP contribution in [0.2, 0.25) is 0 Å². The van der Waals surface area contributed by atoms with Crippen molar-refractivity contribution in [2.45, 2.75) is 64.0 Å². The van der Waals surface area contributed by atoms with Gasteiger partial charge in [0.05, 0.1) is 12.6 Å². The van der Waals surface area contributed by atoms with Gasteiger partial charge in [0.15, 0.2) is 0 Å². The maximum absolute atomic E-state index is 12.2. The van der Waals surface area contributed by atoms with Gasteiger partial charge >= 0.3 is 6.03 Å². The molecule has 0 unspecified atom stereocenters. The van der Waals surface area contributed by atoms with Crippen molar-refractivity contribution in [1.29, 1.82) is 0 Å². The van der Waals surface area contributed by atoms with E-state index in [0.29, 0.717) is 6.04 Å². The highest BCUT2D eigenvalue weighted by atomic mass is 16.3. The lowest BCUT2D eigenvalue weighted by atomic mass is 10.0. The molecule has 4 heteroatoms. The van der Waals surface area contributed by atoms with Crippen molar-refractivity contribution in [3.63, 3.8) is 0 Å². The van der Waals surface area contributed by atoms with E-state index in [0.717, 1.165) is 38.1 Å². The molecule has 4 nitrogen and oxygen atoms in total. The van der Waals surface area contributed by atoms with Gasteiger partial charge in [0.2, 0.25) is 0 Å². The third kappa shape index (κ3) is 3.37. The molecular weight excluding hydrogens is 228 g/mol. The SMILES string of the molecule is C[C@@H]1CCC[C@@H](NC(=O)N2CCC[C@H]2CO)CC1. The lowest BCUT2D eigenvalue weighted by Gasteiger charge is -2.26. The van der Waals surface area contributed by atoms with E-state index in [4.69, 9.17) is 0 Å². The monoisotopic (exact) mass is 254 g/mol. The summed E-state index contributed by atoms with van der Waals surface area (Å²) in [7, 11) is 0. The summed E-state index contributed by atoms with van der Waals surface area (Å²) in [4.78, 5) is 14.0. The number of rotatable bonds is 2. The van der Waals surface area contributed by atoms with Gasteiger partial charge in [-0.15, -0.1) is 0 Å². The fourth-order valence-electron chi connectivity index (χ4n) is 3.18. The van der Waals surface area contributed by atoms with Crippen LogP contribution in [0, 0.1) is 5.92 Å². The van der Waals surface area contributed by atoms with Crippen molar-refractivity contribution in [3.8, 4) is 0 Å². The Balaban J connectivity index is 1.83. The van der Waals surface area contributed by atoms with E-state index in [1.807, 2.05) is 4.90 Å². The lowest BCUT2D eigenvalue weighted by Crippen LogP contribution is -2.47. The van der Waals surface area contributed by atoms with Crippen LogP contribution in [-0.4, -0.2) is 41.3 Å². The topological polar surface area (TPSA) is 52.6 Å². The number of nitrogens with zero attached hydrogens (tertiary/aromatic N) is 1. The molecule has 18 heavy (non-hydrogen) atoms. The molecule has 1 aliphatic heterocycles. The molecule has 2 N–H and O–H groups in total. The molecule has 3 atom stereocenters. The Labute approximate surface area is 110 Å². The minimum Gasteiger partial charge on any atom is -0.394 e. The molecule has 104 valence electrons. The largest absolute Gasteiger partial charge is 0.394 e. The molecule has 2 rings (SSSR count). The smallest absolute Gasteiger partial charge is 0.317 e. The summed E-state index contributed by atoms with van der Waals surface area (Å²) in [5, 5.41) is 12.4. The third-order valence-electron chi connectivity index (χ3n) is 4.43. The first-order valence-corrected chi connectivity index (χ1v) is 7.38. The first-order chi connectivity index (χ1) is 8.70. The molecule has 1 saturated carbocycles. The Kier molecular flexibility index (Phi) is 4.87. The molecule has 0 bridgehead atoms. The first kappa shape index (κ1) is 13.7. The summed E-state index contributed by atoms with van der Waals surface area (Å²) in [6.45, 7) is 3.18. The van der Waals surface area contributed by atoms with E-state index < -0.39 is 0 Å². The van der Waals surface area contributed by atoms with Crippen LogP contribution in [0.25, 0.3) is 0 Å². The zero-order valence-electron chi connectivity index (χ0n) is 11.4. The standard InChI is InChI=1S/C14H26N2O2/c1-11-4-2-5-12(8-7-11)15-14(18)16-9-3-6-13(16)10-17/h11-13,17H,2-10H2,1H3,(H,15,18)/t11-,12-,13+/m1/s1. The summed E-state index contributed by atoms with van der Waals surface area (Å²) < 4.78 is 0. The van der Waals surface area contributed by atoms with Crippen molar-refractivity contribution in [1.82, 2.24) is 10.2 Å². The van der Waals surface area contributed by atoms with Crippen LogP contribution < -0.4 is 5.32 Å². The molecule has 0 spiro atoms. The van der Waals surface area contributed by atoms with Gasteiger partial charge in [0.25, 0.3) is 0 Å². The van der Waals surface area contributed by atoms with E-state index in [1.54, 1.807) is 0 Å². The fraction of sp³-hybridized carbons (Fsp3) is 0.929. The minimum absolute atomic E-state index is 0.0334. The highest BCUT2D eigenvalue weighted by molar-refractivity contribution is 5.75. The number of carbonyl (C=O) groups excluding carboxylic acids is 1. The maximum atomic E-state index is 12.2. The Bertz CT molecular complexity index is 283.